The van der Waals surface area contributed by atoms with Crippen molar-refractivity contribution >= 4 is 29.1 Å². The van der Waals surface area contributed by atoms with Crippen molar-refractivity contribution in [3.05, 3.63) is 28.8 Å². The van der Waals surface area contributed by atoms with E-state index >= 15 is 0 Å². The molecule has 0 heterocycles. The van der Waals surface area contributed by atoms with Gasteiger partial charge in [-0.05, 0) is 56.2 Å². The average molecular weight is 325 g/mol. The number of hydrogen-bond acceptors (Lipinski definition) is 3. The van der Waals surface area contributed by atoms with Crippen LogP contribution in [0.3, 0.4) is 0 Å². The van der Waals surface area contributed by atoms with Gasteiger partial charge >= 0.3 is 11.8 Å². The molecule has 0 aliphatic heterocycles. The summed E-state index contributed by atoms with van der Waals surface area (Å²) in [5.74, 6) is -1.01. The fourth-order valence-electron chi connectivity index (χ4n) is 2.60. The number of benzene rings is 1. The van der Waals surface area contributed by atoms with Crippen LogP contribution >= 0.6 is 11.6 Å². The third kappa shape index (κ3) is 4.45. The Morgan fingerprint density at radius 2 is 1.91 bits per heavy atom. The molecule has 1 aromatic rings. The Balaban J connectivity index is 1.84. The van der Waals surface area contributed by atoms with E-state index in [-0.39, 0.29) is 12.6 Å². The molecule has 0 atom stereocenters. The normalized spacial score (nSPS) is 21.2. The molecule has 0 saturated heterocycles. The van der Waals surface area contributed by atoms with Crippen molar-refractivity contribution in [3.63, 3.8) is 0 Å². The minimum absolute atomic E-state index is 0.00246. The smallest absolute Gasteiger partial charge is 0.313 e. The molecule has 120 valence electrons. The van der Waals surface area contributed by atoms with Crippen molar-refractivity contribution in [2.75, 3.05) is 11.9 Å². The monoisotopic (exact) mass is 324 g/mol. The molecule has 0 radical (unpaired) electrons. The fraction of sp³-hybridized carbons (Fsp3) is 0.500. The topological polar surface area (TPSA) is 78.4 Å². The van der Waals surface area contributed by atoms with Gasteiger partial charge in [0.05, 0.1) is 0 Å². The van der Waals surface area contributed by atoms with E-state index < -0.39 is 11.8 Å². The lowest BCUT2D eigenvalue weighted by atomic mass is 9.86. The summed E-state index contributed by atoms with van der Waals surface area (Å²) in [4.78, 5) is 23.8. The summed E-state index contributed by atoms with van der Waals surface area (Å²) < 4.78 is 0. The lowest BCUT2D eigenvalue weighted by molar-refractivity contribution is -0.136. The highest BCUT2D eigenvalue weighted by atomic mass is 35.5. The zero-order valence-electron chi connectivity index (χ0n) is 12.6. The molecule has 1 saturated carbocycles. The zero-order chi connectivity index (χ0) is 16.1. The zero-order valence-corrected chi connectivity index (χ0v) is 13.3. The van der Waals surface area contributed by atoms with Crippen molar-refractivity contribution in [3.8, 4) is 0 Å². The summed E-state index contributed by atoms with van der Waals surface area (Å²) in [5, 5.41) is 14.9. The molecule has 2 rings (SSSR count). The summed E-state index contributed by atoms with van der Waals surface area (Å²) in [7, 11) is 0. The van der Waals surface area contributed by atoms with Crippen LogP contribution in [0.4, 0.5) is 5.69 Å². The molecule has 22 heavy (non-hydrogen) atoms. The Morgan fingerprint density at radius 1 is 1.23 bits per heavy atom. The maximum absolute atomic E-state index is 11.9. The van der Waals surface area contributed by atoms with Crippen LogP contribution in [0.2, 0.25) is 5.02 Å². The Morgan fingerprint density at radius 3 is 2.50 bits per heavy atom. The summed E-state index contributed by atoms with van der Waals surface area (Å²) in [6.45, 7) is 2.05. The summed E-state index contributed by atoms with van der Waals surface area (Å²) in [6.07, 6.45) is 3.33. The van der Waals surface area contributed by atoms with E-state index in [4.69, 9.17) is 16.7 Å². The van der Waals surface area contributed by atoms with Gasteiger partial charge in [0.25, 0.3) is 0 Å². The Kier molecular flexibility index (Phi) is 5.80. The van der Waals surface area contributed by atoms with E-state index in [0.717, 1.165) is 31.2 Å². The van der Waals surface area contributed by atoms with Gasteiger partial charge in [0.1, 0.15) is 0 Å². The number of anilines is 1. The van der Waals surface area contributed by atoms with E-state index in [1.165, 1.54) is 0 Å². The van der Waals surface area contributed by atoms with E-state index in [9.17, 15) is 9.59 Å². The third-order valence-electron chi connectivity index (χ3n) is 4.08. The van der Waals surface area contributed by atoms with Crippen molar-refractivity contribution in [2.45, 2.75) is 38.6 Å². The van der Waals surface area contributed by atoms with Gasteiger partial charge in [-0.25, -0.2) is 0 Å². The number of aliphatic hydroxyl groups is 1. The number of aryl methyl sites for hydroxylation is 1. The van der Waals surface area contributed by atoms with Gasteiger partial charge < -0.3 is 15.7 Å². The van der Waals surface area contributed by atoms with Gasteiger partial charge in [0, 0.05) is 23.4 Å². The molecule has 1 fully saturated rings. The minimum atomic E-state index is -0.691. The van der Waals surface area contributed by atoms with E-state index in [1.807, 2.05) is 6.92 Å². The molecule has 3 N–H and O–H groups in total. The molecular weight excluding hydrogens is 304 g/mol. The van der Waals surface area contributed by atoms with Gasteiger partial charge in [0.15, 0.2) is 0 Å². The van der Waals surface area contributed by atoms with Crippen LogP contribution in [0.5, 0.6) is 0 Å². The van der Waals surface area contributed by atoms with E-state index in [1.54, 1.807) is 18.2 Å². The Hall–Kier alpha value is -1.59. The lowest BCUT2D eigenvalue weighted by Gasteiger charge is -2.27. The fourth-order valence-corrected chi connectivity index (χ4v) is 2.78. The lowest BCUT2D eigenvalue weighted by Crippen LogP contribution is -2.43. The van der Waals surface area contributed by atoms with Crippen LogP contribution in [0, 0.1) is 12.8 Å². The van der Waals surface area contributed by atoms with Gasteiger partial charge in [-0.2, -0.15) is 0 Å². The van der Waals surface area contributed by atoms with Gasteiger partial charge in [-0.1, -0.05) is 17.7 Å². The molecule has 5 nitrogen and oxygen atoms in total. The molecule has 1 aromatic carbocycles. The standard InChI is InChI=1S/C16H21ClN2O3/c1-10-2-5-13(8-14(10)17)19-16(22)15(21)18-12-6-3-11(9-20)4-7-12/h2,5,8,11-12,20H,3-4,6-7,9H2,1H3,(H,18,21)(H,19,22). The largest absolute Gasteiger partial charge is 0.396 e. The number of hydrogen-bond donors (Lipinski definition) is 3. The van der Waals surface area contributed by atoms with Gasteiger partial charge in [-0.3, -0.25) is 9.59 Å². The Bertz CT molecular complexity index is 554. The first-order valence-electron chi connectivity index (χ1n) is 7.48. The molecule has 2 amide bonds. The number of rotatable bonds is 3. The Labute approximate surface area is 135 Å². The van der Waals surface area contributed by atoms with Crippen LogP contribution in [-0.2, 0) is 9.59 Å². The average Bonchev–Trinajstić information content (AvgIpc) is 2.51. The van der Waals surface area contributed by atoms with Crippen LogP contribution in [0.1, 0.15) is 31.2 Å². The summed E-state index contributed by atoms with van der Waals surface area (Å²) >= 11 is 5.99. The molecule has 0 unspecified atom stereocenters. The number of carbonyl (C=O) groups excluding carboxylic acids is 2. The number of carbonyl (C=O) groups is 2. The molecule has 6 heteroatoms. The highest BCUT2D eigenvalue weighted by Crippen LogP contribution is 2.24. The summed E-state index contributed by atoms with van der Waals surface area (Å²) in [6, 6.07) is 5.11. The van der Waals surface area contributed by atoms with Crippen molar-refractivity contribution in [1.82, 2.24) is 5.32 Å². The van der Waals surface area contributed by atoms with Crippen molar-refractivity contribution in [2.24, 2.45) is 5.92 Å². The second-order valence-electron chi connectivity index (χ2n) is 5.79. The second-order valence-corrected chi connectivity index (χ2v) is 6.20. The van der Waals surface area contributed by atoms with Crippen molar-refractivity contribution in [1.29, 1.82) is 0 Å². The number of nitrogens with one attached hydrogen (secondary N) is 2. The van der Waals surface area contributed by atoms with Gasteiger partial charge in [0.2, 0.25) is 0 Å². The van der Waals surface area contributed by atoms with E-state index in [0.29, 0.717) is 16.6 Å². The van der Waals surface area contributed by atoms with Crippen LogP contribution in [-0.4, -0.2) is 29.6 Å². The molecule has 1 aliphatic rings. The minimum Gasteiger partial charge on any atom is -0.396 e. The molecule has 1 aliphatic carbocycles. The van der Waals surface area contributed by atoms with Crippen molar-refractivity contribution < 1.29 is 14.7 Å². The quantitative estimate of drug-likeness (QED) is 0.746. The molecule has 0 bridgehead atoms. The first-order chi connectivity index (χ1) is 10.5. The predicted octanol–water partition coefficient (Wildman–Crippen LogP) is 2.25. The van der Waals surface area contributed by atoms with Crippen LogP contribution < -0.4 is 10.6 Å². The predicted molar refractivity (Wildman–Crippen MR) is 85.8 cm³/mol. The summed E-state index contributed by atoms with van der Waals surface area (Å²) in [5.41, 5.74) is 1.41. The first-order valence-corrected chi connectivity index (χ1v) is 7.86. The van der Waals surface area contributed by atoms with Crippen LogP contribution in [0.25, 0.3) is 0 Å². The van der Waals surface area contributed by atoms with E-state index in [2.05, 4.69) is 10.6 Å². The maximum Gasteiger partial charge on any atom is 0.313 e. The number of amides is 2. The second kappa shape index (κ2) is 7.61. The maximum atomic E-state index is 11.9. The third-order valence-corrected chi connectivity index (χ3v) is 4.48. The number of halogens is 1. The molecule has 0 spiro atoms. The molecular formula is C16H21ClN2O3. The van der Waals surface area contributed by atoms with Gasteiger partial charge in [-0.15, -0.1) is 0 Å². The highest BCUT2D eigenvalue weighted by Gasteiger charge is 2.24. The highest BCUT2D eigenvalue weighted by molar-refractivity contribution is 6.40. The first kappa shape index (κ1) is 16.8. The molecule has 0 aromatic heterocycles. The number of aliphatic hydroxyl groups excluding tert-OH is 1. The van der Waals surface area contributed by atoms with Crippen LogP contribution in [0.15, 0.2) is 18.2 Å². The SMILES string of the molecule is Cc1ccc(NC(=O)C(=O)NC2CCC(CO)CC2)cc1Cl.